The number of carbonyl (C=O) groups excluding carboxylic acids is 1. The van der Waals surface area contributed by atoms with Crippen molar-refractivity contribution in [2.75, 3.05) is 6.54 Å². The van der Waals surface area contributed by atoms with Gasteiger partial charge < -0.3 is 20.3 Å². The summed E-state index contributed by atoms with van der Waals surface area (Å²) in [6.07, 6.45) is -7.50. The molecule has 0 aliphatic rings. The van der Waals surface area contributed by atoms with Crippen LogP contribution in [0.1, 0.15) is 18.6 Å². The Morgan fingerprint density at radius 1 is 1.43 bits per heavy atom. The van der Waals surface area contributed by atoms with Gasteiger partial charge in [0.25, 0.3) is 0 Å². The third kappa shape index (κ3) is 5.90. The molecule has 1 aromatic rings. The van der Waals surface area contributed by atoms with Gasteiger partial charge in [0, 0.05) is 17.9 Å². The number of ether oxygens (including phenoxy) is 1. The summed E-state index contributed by atoms with van der Waals surface area (Å²) in [5.41, 5.74) is 0.169. The first-order valence-electron chi connectivity index (χ1n) is 5.76. The molecule has 0 radical (unpaired) electrons. The van der Waals surface area contributed by atoms with E-state index in [9.17, 15) is 28.2 Å². The Balaban J connectivity index is 2.81. The zero-order valence-electron chi connectivity index (χ0n) is 10.8. The van der Waals surface area contributed by atoms with E-state index in [1.807, 2.05) is 0 Å². The molecule has 1 rings (SSSR count). The number of carbonyl (C=O) groups is 1. The molecule has 0 bridgehead atoms. The standard InChI is InChI=1S/C12H13BrF3NO4/c1-6(18)17-5-10(19)11(20)8-3-2-7(4-9(8)13)21-12(14,15)16/h2-4,10-11,19-20H,5H2,1H3,(H,17,18). The van der Waals surface area contributed by atoms with E-state index in [1.54, 1.807) is 0 Å². The Morgan fingerprint density at radius 3 is 2.52 bits per heavy atom. The fourth-order valence-electron chi connectivity index (χ4n) is 1.51. The molecule has 2 unspecified atom stereocenters. The lowest BCUT2D eigenvalue weighted by molar-refractivity contribution is -0.274. The Kier molecular flexibility index (Phi) is 5.99. The second-order valence-electron chi connectivity index (χ2n) is 4.18. The van der Waals surface area contributed by atoms with Crippen molar-refractivity contribution in [3.8, 4) is 5.75 Å². The Hall–Kier alpha value is -1.32. The third-order valence-electron chi connectivity index (χ3n) is 2.45. The number of hydrogen-bond acceptors (Lipinski definition) is 4. The van der Waals surface area contributed by atoms with Crippen LogP contribution in [0.3, 0.4) is 0 Å². The first kappa shape index (κ1) is 17.7. The van der Waals surface area contributed by atoms with Crippen LogP contribution in [-0.2, 0) is 4.79 Å². The molecule has 1 aromatic carbocycles. The fourth-order valence-corrected chi connectivity index (χ4v) is 2.10. The molecule has 0 aliphatic carbocycles. The third-order valence-corrected chi connectivity index (χ3v) is 3.14. The highest BCUT2D eigenvalue weighted by Crippen LogP contribution is 2.31. The van der Waals surface area contributed by atoms with Crippen LogP contribution >= 0.6 is 15.9 Å². The molecular formula is C12H13BrF3NO4. The summed E-state index contributed by atoms with van der Waals surface area (Å²) >= 11 is 3.00. The summed E-state index contributed by atoms with van der Waals surface area (Å²) in [5.74, 6) is -0.837. The number of benzene rings is 1. The molecule has 5 nitrogen and oxygen atoms in total. The molecule has 9 heteroatoms. The van der Waals surface area contributed by atoms with Gasteiger partial charge in [-0.2, -0.15) is 0 Å². The summed E-state index contributed by atoms with van der Waals surface area (Å²) in [7, 11) is 0. The summed E-state index contributed by atoms with van der Waals surface area (Å²) in [6, 6.07) is 3.23. The van der Waals surface area contributed by atoms with Gasteiger partial charge in [-0.3, -0.25) is 4.79 Å². The molecule has 0 aliphatic heterocycles. The Bertz CT molecular complexity index is 510. The predicted octanol–water partition coefficient (Wildman–Crippen LogP) is 1.88. The van der Waals surface area contributed by atoms with Gasteiger partial charge in [0.15, 0.2) is 0 Å². The van der Waals surface area contributed by atoms with Crippen LogP contribution in [0.25, 0.3) is 0 Å². The highest BCUT2D eigenvalue weighted by Gasteiger charge is 2.31. The van der Waals surface area contributed by atoms with Gasteiger partial charge in [-0.05, 0) is 17.7 Å². The van der Waals surface area contributed by atoms with Crippen molar-refractivity contribution < 1.29 is 32.9 Å². The van der Waals surface area contributed by atoms with Gasteiger partial charge in [0.05, 0.1) is 0 Å². The maximum atomic E-state index is 12.1. The lowest BCUT2D eigenvalue weighted by atomic mass is 10.0. The van der Waals surface area contributed by atoms with Crippen LogP contribution in [0.2, 0.25) is 0 Å². The fraction of sp³-hybridized carbons (Fsp3) is 0.417. The Labute approximate surface area is 126 Å². The van der Waals surface area contributed by atoms with E-state index in [0.717, 1.165) is 12.1 Å². The minimum atomic E-state index is -4.81. The molecule has 0 heterocycles. The van der Waals surface area contributed by atoms with Crippen molar-refractivity contribution in [3.05, 3.63) is 28.2 Å². The van der Waals surface area contributed by atoms with Crippen LogP contribution in [0.5, 0.6) is 5.75 Å². The topological polar surface area (TPSA) is 78.8 Å². The average Bonchev–Trinajstić information content (AvgIpc) is 2.33. The summed E-state index contributed by atoms with van der Waals surface area (Å²) < 4.78 is 40.1. The molecule has 0 aromatic heterocycles. The van der Waals surface area contributed by atoms with E-state index in [4.69, 9.17) is 0 Å². The van der Waals surface area contributed by atoms with E-state index in [2.05, 4.69) is 26.0 Å². The number of amides is 1. The van der Waals surface area contributed by atoms with Crippen LogP contribution < -0.4 is 10.1 Å². The molecule has 118 valence electrons. The minimum Gasteiger partial charge on any atom is -0.406 e. The predicted molar refractivity (Wildman–Crippen MR) is 70.5 cm³/mol. The molecule has 2 atom stereocenters. The Morgan fingerprint density at radius 2 is 2.05 bits per heavy atom. The smallest absolute Gasteiger partial charge is 0.406 e. The highest BCUT2D eigenvalue weighted by molar-refractivity contribution is 9.10. The lowest BCUT2D eigenvalue weighted by Gasteiger charge is -2.20. The molecule has 1 amide bonds. The second-order valence-corrected chi connectivity index (χ2v) is 5.03. The van der Waals surface area contributed by atoms with E-state index >= 15 is 0 Å². The maximum Gasteiger partial charge on any atom is 0.573 e. The molecule has 0 saturated carbocycles. The van der Waals surface area contributed by atoms with Gasteiger partial charge in [0.1, 0.15) is 18.0 Å². The van der Waals surface area contributed by atoms with Crippen molar-refractivity contribution in [2.45, 2.75) is 25.5 Å². The van der Waals surface area contributed by atoms with Gasteiger partial charge in [-0.1, -0.05) is 22.0 Å². The summed E-state index contributed by atoms with van der Waals surface area (Å²) in [6.45, 7) is 1.06. The lowest BCUT2D eigenvalue weighted by Crippen LogP contribution is -2.34. The van der Waals surface area contributed by atoms with Gasteiger partial charge in [-0.15, -0.1) is 13.2 Å². The van der Waals surface area contributed by atoms with Crippen molar-refractivity contribution in [3.63, 3.8) is 0 Å². The van der Waals surface area contributed by atoms with Crippen molar-refractivity contribution >= 4 is 21.8 Å². The molecular weight excluding hydrogens is 359 g/mol. The second kappa shape index (κ2) is 7.10. The minimum absolute atomic E-state index is 0.138. The molecule has 0 saturated heterocycles. The van der Waals surface area contributed by atoms with Gasteiger partial charge in [0.2, 0.25) is 5.91 Å². The molecule has 3 N–H and O–H groups in total. The highest BCUT2D eigenvalue weighted by atomic mass is 79.9. The maximum absolute atomic E-state index is 12.1. The number of aliphatic hydroxyl groups is 2. The summed E-state index contributed by atoms with van der Waals surface area (Å²) in [4.78, 5) is 10.7. The zero-order valence-corrected chi connectivity index (χ0v) is 12.4. The first-order chi connectivity index (χ1) is 9.60. The molecule has 0 fully saturated rings. The SMILES string of the molecule is CC(=O)NCC(O)C(O)c1ccc(OC(F)(F)F)cc1Br. The molecule has 21 heavy (non-hydrogen) atoms. The van der Waals surface area contributed by atoms with Crippen molar-refractivity contribution in [1.29, 1.82) is 0 Å². The van der Waals surface area contributed by atoms with E-state index in [-0.39, 0.29) is 22.5 Å². The van der Waals surface area contributed by atoms with E-state index < -0.39 is 24.3 Å². The largest absolute Gasteiger partial charge is 0.573 e. The van der Waals surface area contributed by atoms with Gasteiger partial charge in [-0.25, -0.2) is 0 Å². The molecule has 0 spiro atoms. The number of rotatable bonds is 5. The number of aliphatic hydroxyl groups excluding tert-OH is 2. The number of halogens is 4. The van der Waals surface area contributed by atoms with E-state index in [0.29, 0.717) is 0 Å². The monoisotopic (exact) mass is 371 g/mol. The number of nitrogens with one attached hydrogen (secondary N) is 1. The number of hydrogen-bond donors (Lipinski definition) is 3. The first-order valence-corrected chi connectivity index (χ1v) is 6.55. The van der Waals surface area contributed by atoms with Crippen LogP contribution in [0, 0.1) is 0 Å². The zero-order chi connectivity index (χ0) is 16.2. The average molecular weight is 372 g/mol. The van der Waals surface area contributed by atoms with Crippen LogP contribution in [0.4, 0.5) is 13.2 Å². The quantitative estimate of drug-likeness (QED) is 0.738. The van der Waals surface area contributed by atoms with E-state index in [1.165, 1.54) is 13.0 Å². The summed E-state index contributed by atoms with van der Waals surface area (Å²) in [5, 5.41) is 21.9. The van der Waals surface area contributed by atoms with Crippen molar-refractivity contribution in [2.24, 2.45) is 0 Å². The van der Waals surface area contributed by atoms with Crippen molar-refractivity contribution in [1.82, 2.24) is 5.32 Å². The van der Waals surface area contributed by atoms with Crippen LogP contribution in [-0.4, -0.2) is 35.1 Å². The van der Waals surface area contributed by atoms with Gasteiger partial charge >= 0.3 is 6.36 Å². The number of alkyl halides is 3. The van der Waals surface area contributed by atoms with Crippen LogP contribution in [0.15, 0.2) is 22.7 Å². The normalized spacial score (nSPS) is 14.4.